The quantitative estimate of drug-likeness (QED) is 0.772. The number of carbonyl (C=O) groups excluding carboxylic acids is 1. The minimum absolute atomic E-state index is 0.117. The number of carbonyl (C=O) groups is 1. The van der Waals surface area contributed by atoms with Gasteiger partial charge in [0.1, 0.15) is 0 Å². The van der Waals surface area contributed by atoms with Crippen molar-refractivity contribution in [3.63, 3.8) is 0 Å². The molecule has 1 rings (SSSR count). The summed E-state index contributed by atoms with van der Waals surface area (Å²) in [6.45, 7) is 10.8. The molecule has 0 aliphatic rings. The van der Waals surface area contributed by atoms with E-state index in [-0.39, 0.29) is 12.5 Å². The van der Waals surface area contributed by atoms with Crippen LogP contribution in [0.25, 0.3) is 4.85 Å². The van der Waals surface area contributed by atoms with Gasteiger partial charge in [0, 0.05) is 5.69 Å². The molecule has 3 heteroatoms. The number of nitrogens with one attached hydrogen (secondary N) is 1. The molecule has 1 aromatic carbocycles. The van der Waals surface area contributed by atoms with Crippen LogP contribution < -0.4 is 5.32 Å². The predicted molar refractivity (Wildman–Crippen MR) is 69.9 cm³/mol. The largest absolute Gasteiger partial charge is 0.320 e. The molecule has 3 nitrogen and oxygen atoms in total. The smallest absolute Gasteiger partial charge is 0.304 e. The van der Waals surface area contributed by atoms with Gasteiger partial charge in [-0.15, -0.1) is 0 Å². The van der Waals surface area contributed by atoms with Crippen LogP contribution in [-0.4, -0.2) is 12.5 Å². The molecule has 0 aliphatic carbocycles. The van der Waals surface area contributed by atoms with E-state index in [0.717, 1.165) is 18.5 Å². The summed E-state index contributed by atoms with van der Waals surface area (Å²) in [6, 6.07) is 7.89. The van der Waals surface area contributed by atoms with Crippen molar-refractivity contribution in [2.75, 3.05) is 11.9 Å². The second-order valence-corrected chi connectivity index (χ2v) is 4.00. The molecule has 0 unspecified atom stereocenters. The van der Waals surface area contributed by atoms with Gasteiger partial charge in [-0.3, -0.25) is 4.79 Å². The van der Waals surface area contributed by atoms with Crippen LogP contribution in [0.15, 0.2) is 24.3 Å². The lowest BCUT2D eigenvalue weighted by atomic mass is 9.94. The molecule has 1 aromatic rings. The van der Waals surface area contributed by atoms with Gasteiger partial charge in [0.25, 0.3) is 6.54 Å². The van der Waals surface area contributed by atoms with Gasteiger partial charge in [0.2, 0.25) is 0 Å². The van der Waals surface area contributed by atoms with Crippen LogP contribution in [0, 0.1) is 6.57 Å². The fourth-order valence-corrected chi connectivity index (χ4v) is 1.87. The summed E-state index contributed by atoms with van der Waals surface area (Å²) in [5, 5.41) is 2.69. The van der Waals surface area contributed by atoms with E-state index in [2.05, 4.69) is 24.0 Å². The zero-order chi connectivity index (χ0) is 12.7. The van der Waals surface area contributed by atoms with Crippen LogP contribution in [0.5, 0.6) is 0 Å². The predicted octanol–water partition coefficient (Wildman–Crippen LogP) is 3.45. The molecule has 0 saturated heterocycles. The van der Waals surface area contributed by atoms with Gasteiger partial charge in [0.05, 0.1) is 0 Å². The third-order valence-electron chi connectivity index (χ3n) is 2.87. The second-order valence-electron chi connectivity index (χ2n) is 4.00. The van der Waals surface area contributed by atoms with E-state index in [0.29, 0.717) is 5.92 Å². The van der Waals surface area contributed by atoms with Gasteiger partial charge >= 0.3 is 5.91 Å². The molecule has 0 heterocycles. The highest BCUT2D eigenvalue weighted by Crippen LogP contribution is 2.24. The number of amides is 1. The number of rotatable bonds is 5. The Kier molecular flexibility index (Phi) is 5.22. The van der Waals surface area contributed by atoms with E-state index in [4.69, 9.17) is 6.57 Å². The Hall–Kier alpha value is -1.82. The molecule has 0 saturated carbocycles. The van der Waals surface area contributed by atoms with Crippen molar-refractivity contribution >= 4 is 11.6 Å². The Bertz CT molecular complexity index is 399. The van der Waals surface area contributed by atoms with Gasteiger partial charge in [-0.25, -0.2) is 6.57 Å². The molecule has 17 heavy (non-hydrogen) atoms. The van der Waals surface area contributed by atoms with Crippen molar-refractivity contribution in [3.8, 4) is 0 Å². The lowest BCUT2D eigenvalue weighted by Gasteiger charge is -2.13. The number of nitrogens with zero attached hydrogens (tertiary/aromatic N) is 1. The Labute approximate surface area is 103 Å². The zero-order valence-corrected chi connectivity index (χ0v) is 10.4. The fourth-order valence-electron chi connectivity index (χ4n) is 1.87. The molecular formula is C14H18N2O. The van der Waals surface area contributed by atoms with Gasteiger partial charge in [-0.05, 0) is 36.5 Å². The van der Waals surface area contributed by atoms with E-state index in [1.165, 1.54) is 5.56 Å². The Balaban J connectivity index is 2.68. The van der Waals surface area contributed by atoms with Crippen LogP contribution >= 0.6 is 0 Å². The molecule has 0 aromatic heterocycles. The number of anilines is 1. The normalized spacial score (nSPS) is 10.0. The number of hydrogen-bond donors (Lipinski definition) is 1. The lowest BCUT2D eigenvalue weighted by Crippen LogP contribution is -2.13. The third kappa shape index (κ3) is 3.92. The molecule has 0 spiro atoms. The maximum atomic E-state index is 11.2. The Morgan fingerprint density at radius 1 is 1.29 bits per heavy atom. The van der Waals surface area contributed by atoms with Crippen LogP contribution in [0.2, 0.25) is 0 Å². The van der Waals surface area contributed by atoms with E-state index in [1.807, 2.05) is 24.3 Å². The third-order valence-corrected chi connectivity index (χ3v) is 2.87. The average Bonchev–Trinajstić information content (AvgIpc) is 2.33. The van der Waals surface area contributed by atoms with Crippen LogP contribution in [0.1, 0.15) is 38.2 Å². The summed E-state index contributed by atoms with van der Waals surface area (Å²) in [5.41, 5.74) is 2.06. The highest BCUT2D eigenvalue weighted by molar-refractivity contribution is 5.93. The number of benzene rings is 1. The highest BCUT2D eigenvalue weighted by Gasteiger charge is 2.08. The zero-order valence-electron chi connectivity index (χ0n) is 10.4. The van der Waals surface area contributed by atoms with Crippen molar-refractivity contribution in [2.24, 2.45) is 0 Å². The van der Waals surface area contributed by atoms with Crippen molar-refractivity contribution in [2.45, 2.75) is 32.6 Å². The summed E-state index contributed by atoms with van der Waals surface area (Å²) in [5.74, 6) is 0.332. The van der Waals surface area contributed by atoms with E-state index in [9.17, 15) is 4.79 Å². The molecule has 1 amide bonds. The average molecular weight is 230 g/mol. The molecule has 0 radical (unpaired) electrons. The second kappa shape index (κ2) is 6.70. The van der Waals surface area contributed by atoms with Crippen molar-refractivity contribution in [3.05, 3.63) is 41.2 Å². The van der Waals surface area contributed by atoms with E-state index < -0.39 is 0 Å². The first-order valence-electron chi connectivity index (χ1n) is 5.94. The van der Waals surface area contributed by atoms with E-state index >= 15 is 0 Å². The molecule has 0 fully saturated rings. The minimum atomic E-state index is -0.254. The van der Waals surface area contributed by atoms with Crippen LogP contribution in [0.3, 0.4) is 0 Å². The van der Waals surface area contributed by atoms with E-state index in [1.54, 1.807) is 0 Å². The maximum absolute atomic E-state index is 11.2. The topological polar surface area (TPSA) is 33.5 Å². The Morgan fingerprint density at radius 2 is 1.88 bits per heavy atom. The molecular weight excluding hydrogens is 212 g/mol. The number of hydrogen-bond acceptors (Lipinski definition) is 1. The first kappa shape index (κ1) is 13.2. The van der Waals surface area contributed by atoms with Crippen LogP contribution in [0.4, 0.5) is 5.69 Å². The molecule has 0 bridgehead atoms. The van der Waals surface area contributed by atoms with Crippen molar-refractivity contribution in [1.82, 2.24) is 0 Å². The van der Waals surface area contributed by atoms with Crippen molar-refractivity contribution < 1.29 is 4.79 Å². The monoisotopic (exact) mass is 230 g/mol. The molecule has 1 N–H and O–H groups in total. The molecule has 90 valence electrons. The summed E-state index contributed by atoms with van der Waals surface area (Å²) in [4.78, 5) is 14.3. The first-order chi connectivity index (χ1) is 8.21. The van der Waals surface area contributed by atoms with Gasteiger partial charge in [0.15, 0.2) is 0 Å². The molecule has 0 aliphatic heterocycles. The first-order valence-corrected chi connectivity index (χ1v) is 5.94. The van der Waals surface area contributed by atoms with Gasteiger partial charge in [-0.1, -0.05) is 26.0 Å². The van der Waals surface area contributed by atoms with Crippen molar-refractivity contribution in [1.29, 1.82) is 0 Å². The molecule has 0 atom stereocenters. The summed E-state index contributed by atoms with van der Waals surface area (Å²) >= 11 is 0. The SMILES string of the molecule is [C-]#[N+]CC(=O)Nc1ccc(C(CC)CC)cc1. The highest BCUT2D eigenvalue weighted by atomic mass is 16.1. The van der Waals surface area contributed by atoms with Crippen LogP contribution in [-0.2, 0) is 4.79 Å². The maximum Gasteiger partial charge on any atom is 0.304 e. The lowest BCUT2D eigenvalue weighted by molar-refractivity contribution is -0.114. The summed E-state index contributed by atoms with van der Waals surface area (Å²) in [6.07, 6.45) is 2.25. The summed E-state index contributed by atoms with van der Waals surface area (Å²) < 4.78 is 0. The fraction of sp³-hybridized carbons (Fsp3) is 0.429. The van der Waals surface area contributed by atoms with Gasteiger partial charge in [-0.2, -0.15) is 0 Å². The van der Waals surface area contributed by atoms with Gasteiger partial charge < -0.3 is 10.2 Å². The Morgan fingerprint density at radius 3 is 2.35 bits per heavy atom. The standard InChI is InChI=1S/C14H18N2O/c1-4-11(5-2)12-6-8-13(9-7-12)16-14(17)10-15-3/h6-9,11H,4-5,10H2,1-2H3,(H,16,17). The minimum Gasteiger partial charge on any atom is -0.320 e. The summed E-state index contributed by atoms with van der Waals surface area (Å²) in [7, 11) is 0.